The number of rotatable bonds is 5. The summed E-state index contributed by atoms with van der Waals surface area (Å²) in [6, 6.07) is 58.6. The highest BCUT2D eigenvalue weighted by Gasteiger charge is 2.46. The van der Waals surface area contributed by atoms with Gasteiger partial charge in [0.2, 0.25) is 0 Å². The third-order valence-electron chi connectivity index (χ3n) is 7.86. The Morgan fingerprint density at radius 3 is 1.72 bits per heavy atom. The van der Waals surface area contributed by atoms with Crippen molar-refractivity contribution in [2.45, 2.75) is 12.3 Å². The van der Waals surface area contributed by atoms with E-state index in [1.165, 1.54) is 38.9 Å². The first-order chi connectivity index (χ1) is 19.3. The number of nitrogens with zero attached hydrogens (tertiary/aromatic N) is 1. The fourth-order valence-electron chi connectivity index (χ4n) is 6.22. The van der Waals surface area contributed by atoms with E-state index in [9.17, 15) is 0 Å². The molecule has 0 amide bonds. The minimum atomic E-state index is -0.474. The molecule has 0 bridgehead atoms. The maximum atomic E-state index is 3.26. The highest BCUT2D eigenvalue weighted by atomic mass is 15.1. The molecule has 1 aliphatic carbocycles. The highest BCUT2D eigenvalue weighted by Crippen LogP contribution is 2.57. The molecule has 1 heteroatoms. The van der Waals surface area contributed by atoms with E-state index in [2.05, 4.69) is 163 Å². The second kappa shape index (κ2) is 9.35. The van der Waals surface area contributed by atoms with Crippen molar-refractivity contribution in [1.82, 2.24) is 0 Å². The average Bonchev–Trinajstić information content (AvgIpc) is 3.29. The van der Waals surface area contributed by atoms with Crippen LogP contribution in [0.4, 0.5) is 17.1 Å². The minimum Gasteiger partial charge on any atom is -0.310 e. The molecule has 0 saturated heterocycles. The van der Waals surface area contributed by atoms with Crippen molar-refractivity contribution in [3.8, 4) is 11.1 Å². The molecular formula is C38H27N. The Labute approximate surface area is 230 Å². The van der Waals surface area contributed by atoms with E-state index in [4.69, 9.17) is 0 Å². The monoisotopic (exact) mass is 497 g/mol. The van der Waals surface area contributed by atoms with Crippen LogP contribution in [-0.4, -0.2) is 0 Å². The third-order valence-corrected chi connectivity index (χ3v) is 7.86. The van der Waals surface area contributed by atoms with Crippen molar-refractivity contribution in [2.75, 3.05) is 4.90 Å². The maximum absolute atomic E-state index is 3.26. The molecule has 39 heavy (non-hydrogen) atoms. The normalized spacial score (nSPS) is 12.7. The number of fused-ring (bicyclic) bond motifs is 3. The molecule has 1 unspecified atom stereocenters. The second-order valence-corrected chi connectivity index (χ2v) is 10.1. The molecular weight excluding hydrogens is 470 g/mol. The lowest BCUT2D eigenvalue weighted by Gasteiger charge is -2.34. The minimum absolute atomic E-state index is 0.474. The predicted molar refractivity (Wildman–Crippen MR) is 161 cm³/mol. The van der Waals surface area contributed by atoms with Crippen LogP contribution in [0, 0.1) is 19.1 Å². The van der Waals surface area contributed by atoms with Crippen LogP contribution in [0.3, 0.4) is 0 Å². The summed E-state index contributed by atoms with van der Waals surface area (Å²) in [5.74, 6) is 0. The lowest BCUT2D eigenvalue weighted by molar-refractivity contribution is 0.768. The molecule has 0 aliphatic heterocycles. The van der Waals surface area contributed by atoms with Gasteiger partial charge in [0.25, 0.3) is 0 Å². The molecule has 0 spiro atoms. The van der Waals surface area contributed by atoms with Crippen molar-refractivity contribution in [2.24, 2.45) is 0 Å². The van der Waals surface area contributed by atoms with Gasteiger partial charge in [0.1, 0.15) is 0 Å². The van der Waals surface area contributed by atoms with Crippen molar-refractivity contribution < 1.29 is 0 Å². The van der Waals surface area contributed by atoms with E-state index in [0.29, 0.717) is 0 Å². The lowest BCUT2D eigenvalue weighted by Crippen LogP contribution is -2.28. The van der Waals surface area contributed by atoms with Crippen LogP contribution in [0.1, 0.15) is 27.8 Å². The van der Waals surface area contributed by atoms with Gasteiger partial charge in [-0.1, -0.05) is 109 Å². The van der Waals surface area contributed by atoms with Gasteiger partial charge in [-0.3, -0.25) is 0 Å². The molecule has 7 rings (SSSR count). The van der Waals surface area contributed by atoms with E-state index in [1.807, 2.05) is 6.07 Å². The van der Waals surface area contributed by atoms with Crippen LogP contribution in [0.2, 0.25) is 0 Å². The number of benzene rings is 5. The zero-order chi connectivity index (χ0) is 26.2. The average molecular weight is 498 g/mol. The van der Waals surface area contributed by atoms with Crippen LogP contribution in [-0.2, 0) is 5.41 Å². The third kappa shape index (κ3) is 3.65. The zero-order valence-corrected chi connectivity index (χ0v) is 21.8. The fraction of sp³-hybridized carbons (Fsp3) is 0.0526. The van der Waals surface area contributed by atoms with Gasteiger partial charge in [0.15, 0.2) is 0 Å². The zero-order valence-electron chi connectivity index (χ0n) is 21.8. The fourth-order valence-corrected chi connectivity index (χ4v) is 6.22. The van der Waals surface area contributed by atoms with Crippen LogP contribution in [0.5, 0.6) is 0 Å². The Balaban J connectivity index is 1.56. The largest absolute Gasteiger partial charge is 0.310 e. The van der Waals surface area contributed by atoms with Crippen LogP contribution >= 0.6 is 0 Å². The number of aryl methyl sites for hydroxylation is 1. The van der Waals surface area contributed by atoms with E-state index in [-0.39, 0.29) is 0 Å². The van der Waals surface area contributed by atoms with Crippen LogP contribution in [0.25, 0.3) is 11.1 Å². The number of hydrogen-bond donors (Lipinski definition) is 0. The predicted octanol–water partition coefficient (Wildman–Crippen LogP) is 9.43. The van der Waals surface area contributed by atoms with E-state index < -0.39 is 5.41 Å². The molecule has 0 aromatic heterocycles. The van der Waals surface area contributed by atoms with Crippen LogP contribution in [0.15, 0.2) is 146 Å². The van der Waals surface area contributed by atoms with Gasteiger partial charge in [-0.15, -0.1) is 0 Å². The first-order valence-corrected chi connectivity index (χ1v) is 13.4. The summed E-state index contributed by atoms with van der Waals surface area (Å²) in [6.07, 6.45) is 0. The van der Waals surface area contributed by atoms with Gasteiger partial charge >= 0.3 is 0 Å². The van der Waals surface area contributed by atoms with Crippen molar-refractivity contribution >= 4 is 17.1 Å². The quantitative estimate of drug-likeness (QED) is 0.229. The first-order valence-electron chi connectivity index (χ1n) is 13.4. The summed E-state index contributed by atoms with van der Waals surface area (Å²) in [5.41, 5.74) is 11.8. The Hall–Kier alpha value is -5.06. The summed E-state index contributed by atoms with van der Waals surface area (Å²) in [6.45, 7) is 2.18. The molecule has 184 valence electrons. The Bertz CT molecular complexity index is 1660. The van der Waals surface area contributed by atoms with Gasteiger partial charge < -0.3 is 4.90 Å². The summed E-state index contributed by atoms with van der Waals surface area (Å²) in [7, 11) is 0. The van der Waals surface area contributed by atoms with Gasteiger partial charge in [-0.05, 0) is 94.9 Å². The number of hydrogen-bond acceptors (Lipinski definition) is 1. The van der Waals surface area contributed by atoms with Gasteiger partial charge in [-0.2, -0.15) is 0 Å². The molecule has 6 aromatic rings. The maximum Gasteiger partial charge on any atom is 0.0720 e. The van der Waals surface area contributed by atoms with Gasteiger partial charge in [0.05, 0.1) is 5.41 Å². The number of para-hydroxylation sites is 2. The second-order valence-electron chi connectivity index (χ2n) is 10.1. The van der Waals surface area contributed by atoms with Gasteiger partial charge in [0, 0.05) is 17.1 Å². The smallest absolute Gasteiger partial charge is 0.0720 e. The Morgan fingerprint density at radius 2 is 1.10 bits per heavy atom. The molecule has 6 aromatic carbocycles. The topological polar surface area (TPSA) is 3.24 Å². The van der Waals surface area contributed by atoms with E-state index in [1.54, 1.807) is 0 Å². The summed E-state index contributed by atoms with van der Waals surface area (Å²) >= 11 is 0. The molecule has 0 fully saturated rings. The summed E-state index contributed by atoms with van der Waals surface area (Å²) in [5, 5.41) is 0. The lowest BCUT2D eigenvalue weighted by atomic mass is 9.67. The molecule has 0 saturated carbocycles. The molecule has 1 nitrogen and oxygen atoms in total. The van der Waals surface area contributed by atoms with Gasteiger partial charge in [-0.25, -0.2) is 0 Å². The molecule has 1 aliphatic rings. The highest BCUT2D eigenvalue weighted by molar-refractivity contribution is 5.89. The summed E-state index contributed by atoms with van der Waals surface area (Å²) < 4.78 is 0. The molecule has 1 atom stereocenters. The van der Waals surface area contributed by atoms with Crippen molar-refractivity contribution in [3.63, 3.8) is 0 Å². The van der Waals surface area contributed by atoms with Crippen molar-refractivity contribution in [3.05, 3.63) is 186 Å². The SMILES string of the molecule is Cc1ccc2c(c1)C(c1cc#ccc1)(c1ccccc1)c1cc(N(c3ccccc3)c3ccccc3)ccc1-2. The van der Waals surface area contributed by atoms with E-state index in [0.717, 1.165) is 17.1 Å². The van der Waals surface area contributed by atoms with E-state index >= 15 is 0 Å². The Kier molecular flexibility index (Phi) is 5.54. The van der Waals surface area contributed by atoms with Crippen LogP contribution < -0.4 is 4.90 Å². The molecule has 0 N–H and O–H groups in total. The van der Waals surface area contributed by atoms with Crippen molar-refractivity contribution in [1.29, 1.82) is 0 Å². The standard InChI is InChI=1S/C38H27N/c1-28-22-24-34-35-25-23-33(39(31-18-10-4-11-19-31)32-20-12-5-13-21-32)27-37(35)38(36(34)26-28,29-14-6-2-7-15-29)30-16-8-3-9-17-30/h2,4-8,10-27H,1H3. The molecule has 0 radical (unpaired) electrons. The molecule has 0 heterocycles. The first kappa shape index (κ1) is 23.1. The summed E-state index contributed by atoms with van der Waals surface area (Å²) in [4.78, 5) is 2.34. The number of anilines is 3. The Morgan fingerprint density at radius 1 is 0.513 bits per heavy atom.